The van der Waals surface area contributed by atoms with E-state index in [1.807, 2.05) is 32.0 Å². The van der Waals surface area contributed by atoms with Crippen molar-refractivity contribution < 1.29 is 0 Å². The summed E-state index contributed by atoms with van der Waals surface area (Å²) in [5, 5.41) is 3.12. The summed E-state index contributed by atoms with van der Waals surface area (Å²) in [5.41, 5.74) is 1.20. The quantitative estimate of drug-likeness (QED) is 0.850. The maximum Gasteiger partial charge on any atom is 0.122 e. The van der Waals surface area contributed by atoms with Crippen molar-refractivity contribution in [3.8, 4) is 0 Å². The minimum atomic E-state index is 0.434. The second-order valence-corrected chi connectivity index (χ2v) is 4.39. The number of aromatic nitrogens is 4. The highest BCUT2D eigenvalue weighted by Crippen LogP contribution is 2.11. The van der Waals surface area contributed by atoms with Crippen molar-refractivity contribution in [3.63, 3.8) is 0 Å². The van der Waals surface area contributed by atoms with Gasteiger partial charge in [0.25, 0.3) is 0 Å². The molecule has 1 N–H and O–H groups in total. The topological polar surface area (TPSA) is 47.7 Å². The number of nitrogens with one attached hydrogen (secondary N) is 1. The molecule has 2 aromatic heterocycles. The van der Waals surface area contributed by atoms with Crippen molar-refractivity contribution in [2.75, 3.05) is 7.05 Å². The van der Waals surface area contributed by atoms with E-state index in [9.17, 15) is 0 Å². The summed E-state index contributed by atoms with van der Waals surface area (Å²) >= 11 is 0. The second kappa shape index (κ2) is 5.14. The van der Waals surface area contributed by atoms with Gasteiger partial charge in [0.15, 0.2) is 0 Å². The maximum atomic E-state index is 4.33. The minimum Gasteiger partial charge on any atom is -0.330 e. The third-order valence-corrected chi connectivity index (χ3v) is 2.77. The predicted octanol–water partition coefficient (Wildman–Crippen LogP) is 1.43. The van der Waals surface area contributed by atoms with E-state index in [0.717, 1.165) is 18.9 Å². The molecule has 5 heteroatoms. The Hall–Kier alpha value is -1.62. The Balaban J connectivity index is 2.19. The van der Waals surface area contributed by atoms with Crippen LogP contribution in [0.15, 0.2) is 24.9 Å². The molecule has 0 aromatic carbocycles. The van der Waals surface area contributed by atoms with E-state index in [1.165, 1.54) is 5.69 Å². The van der Waals surface area contributed by atoms with Gasteiger partial charge in [-0.05, 0) is 20.9 Å². The first-order valence-electron chi connectivity index (χ1n) is 5.87. The molecule has 0 aliphatic heterocycles. The van der Waals surface area contributed by atoms with Gasteiger partial charge in [-0.2, -0.15) is 0 Å². The lowest BCUT2D eigenvalue weighted by atomic mass is 10.3. The smallest absolute Gasteiger partial charge is 0.122 e. The van der Waals surface area contributed by atoms with Gasteiger partial charge in [0, 0.05) is 24.6 Å². The van der Waals surface area contributed by atoms with Crippen LogP contribution in [-0.4, -0.2) is 26.1 Å². The molecule has 0 aliphatic carbocycles. The third-order valence-electron chi connectivity index (χ3n) is 2.77. The molecule has 2 heterocycles. The molecule has 0 saturated carbocycles. The van der Waals surface area contributed by atoms with Crippen LogP contribution in [0.5, 0.6) is 0 Å². The van der Waals surface area contributed by atoms with E-state index in [1.54, 1.807) is 0 Å². The molecule has 0 atom stereocenters. The summed E-state index contributed by atoms with van der Waals surface area (Å²) in [6.07, 6.45) is 7.64. The van der Waals surface area contributed by atoms with Crippen molar-refractivity contribution in [2.24, 2.45) is 0 Å². The van der Waals surface area contributed by atoms with Gasteiger partial charge in [0.1, 0.15) is 5.82 Å². The normalized spacial score (nSPS) is 11.3. The standard InChI is InChI=1S/C12H19N5/c1-10(2)17-9-14-6-11(17)8-16-5-4-15-12(16)7-13-3/h4-6,9-10,13H,7-8H2,1-3H3. The monoisotopic (exact) mass is 233 g/mol. The van der Waals surface area contributed by atoms with Gasteiger partial charge in [0.05, 0.1) is 25.1 Å². The molecule has 2 rings (SSSR count). The average Bonchev–Trinajstić information content (AvgIpc) is 2.89. The summed E-state index contributed by atoms with van der Waals surface area (Å²) in [5.74, 6) is 1.05. The minimum absolute atomic E-state index is 0.434. The third kappa shape index (κ3) is 2.55. The number of hydrogen-bond donors (Lipinski definition) is 1. The molecule has 0 spiro atoms. The number of nitrogens with zero attached hydrogens (tertiary/aromatic N) is 4. The Labute approximate surface area is 102 Å². The highest BCUT2D eigenvalue weighted by molar-refractivity contribution is 5.04. The molecule has 17 heavy (non-hydrogen) atoms. The van der Waals surface area contributed by atoms with E-state index in [4.69, 9.17) is 0 Å². The largest absolute Gasteiger partial charge is 0.330 e. The fourth-order valence-electron chi connectivity index (χ4n) is 1.90. The fourth-order valence-corrected chi connectivity index (χ4v) is 1.90. The van der Waals surface area contributed by atoms with Gasteiger partial charge in [-0.1, -0.05) is 0 Å². The molecule has 2 aromatic rings. The molecular weight excluding hydrogens is 214 g/mol. The first kappa shape index (κ1) is 11.9. The highest BCUT2D eigenvalue weighted by atomic mass is 15.1. The van der Waals surface area contributed by atoms with Crippen molar-refractivity contribution in [1.29, 1.82) is 0 Å². The van der Waals surface area contributed by atoms with Crippen molar-refractivity contribution in [1.82, 2.24) is 24.4 Å². The van der Waals surface area contributed by atoms with Gasteiger partial charge < -0.3 is 14.5 Å². The Morgan fingerprint density at radius 2 is 2.24 bits per heavy atom. The lowest BCUT2D eigenvalue weighted by Gasteiger charge is -2.13. The second-order valence-electron chi connectivity index (χ2n) is 4.39. The fraction of sp³-hybridized carbons (Fsp3) is 0.500. The van der Waals surface area contributed by atoms with E-state index in [2.05, 4.69) is 38.3 Å². The van der Waals surface area contributed by atoms with Crippen LogP contribution in [0, 0.1) is 0 Å². The van der Waals surface area contributed by atoms with E-state index in [-0.39, 0.29) is 0 Å². The van der Waals surface area contributed by atoms with Crippen LogP contribution in [0.25, 0.3) is 0 Å². The summed E-state index contributed by atoms with van der Waals surface area (Å²) < 4.78 is 4.33. The van der Waals surface area contributed by atoms with E-state index < -0.39 is 0 Å². The average molecular weight is 233 g/mol. The first-order valence-corrected chi connectivity index (χ1v) is 5.87. The van der Waals surface area contributed by atoms with Gasteiger partial charge in [-0.15, -0.1) is 0 Å². The van der Waals surface area contributed by atoms with Crippen LogP contribution in [0.1, 0.15) is 31.4 Å². The number of hydrogen-bond acceptors (Lipinski definition) is 3. The van der Waals surface area contributed by atoms with Crippen molar-refractivity contribution >= 4 is 0 Å². The number of imidazole rings is 2. The van der Waals surface area contributed by atoms with Gasteiger partial charge >= 0.3 is 0 Å². The van der Waals surface area contributed by atoms with Crippen LogP contribution in [-0.2, 0) is 13.1 Å². The summed E-state index contributed by atoms with van der Waals surface area (Å²) in [7, 11) is 1.93. The molecular formula is C12H19N5. The van der Waals surface area contributed by atoms with Crippen LogP contribution in [0.4, 0.5) is 0 Å². The molecule has 0 saturated heterocycles. The van der Waals surface area contributed by atoms with Crippen LogP contribution < -0.4 is 5.32 Å². The molecule has 0 unspecified atom stereocenters. The lowest BCUT2D eigenvalue weighted by Crippen LogP contribution is -2.14. The Kier molecular flexibility index (Phi) is 3.58. The van der Waals surface area contributed by atoms with Crippen LogP contribution in [0.3, 0.4) is 0 Å². The van der Waals surface area contributed by atoms with Crippen molar-refractivity contribution in [2.45, 2.75) is 33.0 Å². The SMILES string of the molecule is CNCc1nccn1Cc1cncn1C(C)C. The summed E-state index contributed by atoms with van der Waals surface area (Å²) in [4.78, 5) is 8.54. The Bertz CT molecular complexity index is 469. The van der Waals surface area contributed by atoms with Crippen molar-refractivity contribution in [3.05, 3.63) is 36.4 Å². The van der Waals surface area contributed by atoms with Crippen LogP contribution >= 0.6 is 0 Å². The lowest BCUT2D eigenvalue weighted by molar-refractivity contribution is 0.553. The molecule has 5 nitrogen and oxygen atoms in total. The zero-order valence-electron chi connectivity index (χ0n) is 10.6. The zero-order valence-corrected chi connectivity index (χ0v) is 10.6. The van der Waals surface area contributed by atoms with Crippen LogP contribution in [0.2, 0.25) is 0 Å². The first-order chi connectivity index (χ1) is 8.22. The molecule has 0 bridgehead atoms. The van der Waals surface area contributed by atoms with Gasteiger partial charge in [-0.25, -0.2) is 9.97 Å². The Morgan fingerprint density at radius 1 is 1.41 bits per heavy atom. The predicted molar refractivity (Wildman–Crippen MR) is 66.7 cm³/mol. The molecule has 92 valence electrons. The highest BCUT2D eigenvalue weighted by Gasteiger charge is 2.08. The summed E-state index contributed by atoms with van der Waals surface area (Å²) in [6, 6.07) is 0.434. The van der Waals surface area contributed by atoms with Gasteiger partial charge in [-0.3, -0.25) is 0 Å². The molecule has 0 radical (unpaired) electrons. The van der Waals surface area contributed by atoms with Gasteiger partial charge in [0.2, 0.25) is 0 Å². The molecule has 0 fully saturated rings. The number of rotatable bonds is 5. The molecule has 0 aliphatic rings. The van der Waals surface area contributed by atoms with E-state index in [0.29, 0.717) is 6.04 Å². The van der Waals surface area contributed by atoms with E-state index >= 15 is 0 Å². The molecule has 0 amide bonds. The zero-order chi connectivity index (χ0) is 12.3. The Morgan fingerprint density at radius 3 is 2.94 bits per heavy atom. The summed E-state index contributed by atoms with van der Waals surface area (Å²) in [6.45, 7) is 5.92. The maximum absolute atomic E-state index is 4.33.